The minimum atomic E-state index is -0.647. The van der Waals surface area contributed by atoms with E-state index >= 15 is 0 Å². The normalized spacial score (nSPS) is 26.4. The molecule has 0 spiro atoms. The van der Waals surface area contributed by atoms with E-state index in [2.05, 4.69) is 10.00 Å². The monoisotopic (exact) mass is 211 g/mol. The molecule has 15 heavy (non-hydrogen) atoms. The molecular weight excluding hydrogens is 193 g/mol. The summed E-state index contributed by atoms with van der Waals surface area (Å²) < 4.78 is 15.3. The molecule has 0 bridgehead atoms. The summed E-state index contributed by atoms with van der Waals surface area (Å²) in [6.07, 6.45) is 5.91. The van der Waals surface area contributed by atoms with Gasteiger partial charge in [0.25, 0.3) is 0 Å². The summed E-state index contributed by atoms with van der Waals surface area (Å²) in [6, 6.07) is 0.102. The summed E-state index contributed by atoms with van der Waals surface area (Å²) in [5.41, 5.74) is 1.15. The topological polar surface area (TPSA) is 21.1 Å². The highest BCUT2D eigenvalue weighted by atomic mass is 19.1. The van der Waals surface area contributed by atoms with Gasteiger partial charge in [0, 0.05) is 31.4 Å². The van der Waals surface area contributed by atoms with Gasteiger partial charge in [-0.1, -0.05) is 0 Å². The Hall–Kier alpha value is -0.900. The number of hydrogen-bond acceptors (Lipinski definition) is 2. The Kier molecular flexibility index (Phi) is 3.05. The van der Waals surface area contributed by atoms with Crippen LogP contribution in [0.25, 0.3) is 0 Å². The smallest absolute Gasteiger partial charge is 0.116 e. The van der Waals surface area contributed by atoms with Crippen LogP contribution in [-0.4, -0.2) is 33.9 Å². The highest BCUT2D eigenvalue weighted by molar-refractivity contribution is 5.04. The van der Waals surface area contributed by atoms with E-state index in [1.54, 1.807) is 4.68 Å². The summed E-state index contributed by atoms with van der Waals surface area (Å²) in [6.45, 7) is 0.791. The van der Waals surface area contributed by atoms with Gasteiger partial charge in [-0.25, -0.2) is 4.39 Å². The zero-order chi connectivity index (χ0) is 10.8. The number of hydrogen-bond donors (Lipinski definition) is 0. The lowest BCUT2D eigenvalue weighted by molar-refractivity contribution is 0.153. The van der Waals surface area contributed by atoms with Crippen molar-refractivity contribution in [2.45, 2.75) is 38.0 Å². The first-order valence-electron chi connectivity index (χ1n) is 5.48. The van der Waals surface area contributed by atoms with E-state index in [1.165, 1.54) is 0 Å². The summed E-state index contributed by atoms with van der Waals surface area (Å²) in [4.78, 5) is 2.11. The fraction of sp³-hybridized carbons (Fsp3) is 0.727. The molecule has 1 saturated carbocycles. The Balaban J connectivity index is 1.94. The van der Waals surface area contributed by atoms with Crippen molar-refractivity contribution in [2.24, 2.45) is 7.05 Å². The van der Waals surface area contributed by atoms with Crippen LogP contribution in [0.3, 0.4) is 0 Å². The van der Waals surface area contributed by atoms with Gasteiger partial charge in [0.05, 0.1) is 6.20 Å². The summed E-state index contributed by atoms with van der Waals surface area (Å²) >= 11 is 0. The SMILES string of the molecule is CN(Cc1cnn(C)c1)C1CCCC1F. The molecule has 2 atom stereocenters. The molecule has 1 aliphatic rings. The molecule has 0 saturated heterocycles. The van der Waals surface area contributed by atoms with Crippen LogP contribution in [0, 0.1) is 0 Å². The number of halogens is 1. The first kappa shape index (κ1) is 10.6. The molecule has 1 aliphatic carbocycles. The van der Waals surface area contributed by atoms with E-state index in [-0.39, 0.29) is 6.04 Å². The van der Waals surface area contributed by atoms with Crippen LogP contribution in [0.2, 0.25) is 0 Å². The van der Waals surface area contributed by atoms with Gasteiger partial charge >= 0.3 is 0 Å². The van der Waals surface area contributed by atoms with Gasteiger partial charge < -0.3 is 0 Å². The zero-order valence-corrected chi connectivity index (χ0v) is 9.36. The second-order valence-electron chi connectivity index (χ2n) is 4.45. The van der Waals surface area contributed by atoms with Gasteiger partial charge in [0.1, 0.15) is 6.17 Å². The van der Waals surface area contributed by atoms with E-state index in [1.807, 2.05) is 26.5 Å². The first-order chi connectivity index (χ1) is 7.16. The molecule has 84 valence electrons. The number of aromatic nitrogens is 2. The molecule has 2 rings (SSSR count). The van der Waals surface area contributed by atoms with Gasteiger partial charge in [-0.2, -0.15) is 5.10 Å². The third kappa shape index (κ3) is 2.37. The molecule has 0 aliphatic heterocycles. The van der Waals surface area contributed by atoms with Crippen LogP contribution in [0.1, 0.15) is 24.8 Å². The molecule has 1 aromatic rings. The van der Waals surface area contributed by atoms with Crippen molar-refractivity contribution >= 4 is 0 Å². The third-order valence-electron chi connectivity index (χ3n) is 3.15. The minimum Gasteiger partial charge on any atom is -0.296 e. The standard InChI is InChI=1S/C11H18FN3/c1-14(11-5-3-4-10(11)12)7-9-6-13-15(2)8-9/h6,8,10-11H,3-5,7H2,1-2H3. The second kappa shape index (κ2) is 4.31. The van der Waals surface area contributed by atoms with Crippen molar-refractivity contribution in [2.75, 3.05) is 7.05 Å². The molecule has 0 radical (unpaired) electrons. The summed E-state index contributed by atoms with van der Waals surface area (Å²) in [7, 11) is 3.90. The fourth-order valence-corrected chi connectivity index (χ4v) is 2.35. The summed E-state index contributed by atoms with van der Waals surface area (Å²) in [5, 5.41) is 4.11. The maximum absolute atomic E-state index is 13.5. The minimum absolute atomic E-state index is 0.102. The highest BCUT2D eigenvalue weighted by Gasteiger charge is 2.30. The molecular formula is C11H18FN3. The van der Waals surface area contributed by atoms with E-state index in [4.69, 9.17) is 0 Å². The Morgan fingerprint density at radius 3 is 2.93 bits per heavy atom. The molecule has 0 N–H and O–H groups in total. The molecule has 1 aromatic heterocycles. The number of alkyl halides is 1. The highest BCUT2D eigenvalue weighted by Crippen LogP contribution is 2.26. The quantitative estimate of drug-likeness (QED) is 0.759. The lowest BCUT2D eigenvalue weighted by Crippen LogP contribution is -2.34. The third-order valence-corrected chi connectivity index (χ3v) is 3.15. The largest absolute Gasteiger partial charge is 0.296 e. The van der Waals surface area contributed by atoms with Crippen LogP contribution < -0.4 is 0 Å². The van der Waals surface area contributed by atoms with Crippen LogP contribution in [0.15, 0.2) is 12.4 Å². The molecule has 3 nitrogen and oxygen atoms in total. The average Bonchev–Trinajstić information content (AvgIpc) is 2.75. The zero-order valence-electron chi connectivity index (χ0n) is 9.36. The maximum atomic E-state index is 13.5. The Morgan fingerprint density at radius 2 is 2.40 bits per heavy atom. The van der Waals surface area contributed by atoms with E-state index in [9.17, 15) is 4.39 Å². The van der Waals surface area contributed by atoms with E-state index < -0.39 is 6.17 Å². The lowest BCUT2D eigenvalue weighted by atomic mass is 10.2. The van der Waals surface area contributed by atoms with Gasteiger partial charge in [-0.05, 0) is 26.3 Å². The molecule has 0 aromatic carbocycles. The van der Waals surface area contributed by atoms with Gasteiger partial charge in [0.2, 0.25) is 0 Å². The number of nitrogens with zero attached hydrogens (tertiary/aromatic N) is 3. The molecule has 1 heterocycles. The van der Waals surface area contributed by atoms with Crippen molar-refractivity contribution in [3.8, 4) is 0 Å². The predicted octanol–water partition coefficient (Wildman–Crippen LogP) is 1.74. The molecule has 2 unspecified atom stereocenters. The van der Waals surface area contributed by atoms with Crippen molar-refractivity contribution in [1.29, 1.82) is 0 Å². The van der Waals surface area contributed by atoms with Crippen LogP contribution in [0.5, 0.6) is 0 Å². The van der Waals surface area contributed by atoms with Gasteiger partial charge in [-0.15, -0.1) is 0 Å². The van der Waals surface area contributed by atoms with Gasteiger partial charge in [0.15, 0.2) is 0 Å². The molecule has 0 amide bonds. The van der Waals surface area contributed by atoms with Gasteiger partial charge in [-0.3, -0.25) is 9.58 Å². The van der Waals surface area contributed by atoms with Crippen molar-refractivity contribution in [3.63, 3.8) is 0 Å². The predicted molar refractivity (Wildman–Crippen MR) is 57.2 cm³/mol. The van der Waals surface area contributed by atoms with Crippen LogP contribution in [-0.2, 0) is 13.6 Å². The van der Waals surface area contributed by atoms with Crippen molar-refractivity contribution in [1.82, 2.24) is 14.7 Å². The molecule has 1 fully saturated rings. The summed E-state index contributed by atoms with van der Waals surface area (Å²) in [5.74, 6) is 0. The molecule has 4 heteroatoms. The second-order valence-corrected chi connectivity index (χ2v) is 4.45. The lowest BCUT2D eigenvalue weighted by Gasteiger charge is -2.25. The Bertz CT molecular complexity index is 323. The maximum Gasteiger partial charge on any atom is 0.116 e. The fourth-order valence-electron chi connectivity index (χ4n) is 2.35. The number of rotatable bonds is 3. The average molecular weight is 211 g/mol. The Morgan fingerprint density at radius 1 is 1.60 bits per heavy atom. The first-order valence-corrected chi connectivity index (χ1v) is 5.48. The number of aryl methyl sites for hydroxylation is 1. The Labute approximate surface area is 89.9 Å². The van der Waals surface area contributed by atoms with Crippen molar-refractivity contribution < 1.29 is 4.39 Å². The van der Waals surface area contributed by atoms with E-state index in [0.29, 0.717) is 0 Å². The van der Waals surface area contributed by atoms with Crippen LogP contribution in [0.4, 0.5) is 4.39 Å². The van der Waals surface area contributed by atoms with Crippen LogP contribution >= 0.6 is 0 Å². The van der Waals surface area contributed by atoms with Crippen molar-refractivity contribution in [3.05, 3.63) is 18.0 Å². The van der Waals surface area contributed by atoms with E-state index in [0.717, 1.165) is 31.4 Å².